The molecule has 0 aliphatic rings. The van der Waals surface area contributed by atoms with E-state index in [-0.39, 0.29) is 0 Å². The molecule has 0 radical (unpaired) electrons. The first-order valence-corrected chi connectivity index (χ1v) is 7.23. The SMILES string of the molecule is CC(C)Oc1c(F)cc(-c2c(C(=O)O)c(N)[nH]c(=O)c2C(=O)O)cc1F. The van der Waals surface area contributed by atoms with Gasteiger partial charge in [0.15, 0.2) is 17.4 Å². The Labute approximate surface area is 144 Å². The second kappa shape index (κ2) is 6.82. The maximum absolute atomic E-state index is 14.2. The van der Waals surface area contributed by atoms with Crippen molar-refractivity contribution < 1.29 is 33.3 Å². The topological polar surface area (TPSA) is 143 Å². The van der Waals surface area contributed by atoms with Crippen molar-refractivity contribution in [2.24, 2.45) is 0 Å². The highest BCUT2D eigenvalue weighted by molar-refractivity contribution is 6.07. The zero-order valence-electron chi connectivity index (χ0n) is 13.6. The first kappa shape index (κ1) is 18.9. The molecule has 0 aliphatic carbocycles. The number of ether oxygens (including phenoxy) is 1. The molecular formula is C16H14F2N2O6. The van der Waals surface area contributed by atoms with E-state index in [0.717, 1.165) is 0 Å². The van der Waals surface area contributed by atoms with Gasteiger partial charge in [-0.3, -0.25) is 4.79 Å². The van der Waals surface area contributed by atoms with Crippen LogP contribution in [-0.4, -0.2) is 33.2 Å². The van der Waals surface area contributed by atoms with E-state index in [1.54, 1.807) is 0 Å². The largest absolute Gasteiger partial charge is 0.485 e. The lowest BCUT2D eigenvalue weighted by atomic mass is 9.95. The molecule has 0 amide bonds. The Morgan fingerprint density at radius 2 is 1.62 bits per heavy atom. The zero-order chi connectivity index (χ0) is 19.8. The Morgan fingerprint density at radius 1 is 1.12 bits per heavy atom. The van der Waals surface area contributed by atoms with Gasteiger partial charge in [-0.15, -0.1) is 0 Å². The van der Waals surface area contributed by atoms with Gasteiger partial charge in [-0.2, -0.15) is 0 Å². The number of carboxylic acid groups (broad SMARTS) is 2. The number of anilines is 1. The molecule has 8 nitrogen and oxygen atoms in total. The van der Waals surface area contributed by atoms with E-state index in [4.69, 9.17) is 10.5 Å². The quantitative estimate of drug-likeness (QED) is 0.633. The molecule has 138 valence electrons. The fourth-order valence-electron chi connectivity index (χ4n) is 2.39. The molecule has 0 saturated heterocycles. The lowest BCUT2D eigenvalue weighted by Gasteiger charge is -2.15. The van der Waals surface area contributed by atoms with Crippen LogP contribution in [0.1, 0.15) is 34.6 Å². The van der Waals surface area contributed by atoms with E-state index in [1.165, 1.54) is 13.8 Å². The molecule has 2 rings (SSSR count). The van der Waals surface area contributed by atoms with Gasteiger partial charge in [0, 0.05) is 5.56 Å². The van der Waals surface area contributed by atoms with E-state index in [0.29, 0.717) is 12.1 Å². The number of carbonyl (C=O) groups is 2. The van der Waals surface area contributed by atoms with Crippen molar-refractivity contribution in [3.63, 3.8) is 0 Å². The summed E-state index contributed by atoms with van der Waals surface area (Å²) in [6, 6.07) is 1.35. The molecule has 1 aromatic heterocycles. The van der Waals surface area contributed by atoms with Crippen LogP contribution >= 0.6 is 0 Å². The number of rotatable bonds is 5. The third-order valence-corrected chi connectivity index (χ3v) is 3.31. The summed E-state index contributed by atoms with van der Waals surface area (Å²) in [5.74, 6) is -7.21. The molecule has 0 saturated carbocycles. The summed E-state index contributed by atoms with van der Waals surface area (Å²) in [5.41, 5.74) is 1.26. The molecule has 1 heterocycles. The highest BCUT2D eigenvalue weighted by Crippen LogP contribution is 2.34. The summed E-state index contributed by atoms with van der Waals surface area (Å²) in [7, 11) is 0. The number of hydrogen-bond donors (Lipinski definition) is 4. The van der Waals surface area contributed by atoms with Crippen molar-refractivity contribution in [1.29, 1.82) is 0 Å². The van der Waals surface area contributed by atoms with Gasteiger partial charge in [-0.25, -0.2) is 18.4 Å². The van der Waals surface area contributed by atoms with Gasteiger partial charge in [0.2, 0.25) is 0 Å². The first-order chi connectivity index (χ1) is 12.0. The highest BCUT2D eigenvalue weighted by Gasteiger charge is 2.28. The molecule has 0 aliphatic heterocycles. The van der Waals surface area contributed by atoms with Crippen molar-refractivity contribution in [3.8, 4) is 16.9 Å². The number of aromatic amines is 1. The van der Waals surface area contributed by atoms with Crippen LogP contribution in [0.25, 0.3) is 11.1 Å². The molecule has 2 aromatic rings. The van der Waals surface area contributed by atoms with Crippen LogP contribution in [0.5, 0.6) is 5.75 Å². The van der Waals surface area contributed by atoms with E-state index < -0.39 is 69.1 Å². The number of pyridine rings is 1. The molecule has 5 N–H and O–H groups in total. The Kier molecular flexibility index (Phi) is 4.96. The van der Waals surface area contributed by atoms with Gasteiger partial charge >= 0.3 is 11.9 Å². The number of H-pyrrole nitrogens is 1. The third kappa shape index (κ3) is 3.34. The molecule has 0 atom stereocenters. The van der Waals surface area contributed by atoms with E-state index in [9.17, 15) is 33.4 Å². The number of nitrogens with two attached hydrogens (primary N) is 1. The lowest BCUT2D eigenvalue weighted by molar-refractivity contribution is 0.0695. The highest BCUT2D eigenvalue weighted by atomic mass is 19.1. The van der Waals surface area contributed by atoms with Crippen molar-refractivity contribution in [2.45, 2.75) is 20.0 Å². The summed E-state index contributed by atoms with van der Waals surface area (Å²) in [5, 5.41) is 18.6. The standard InChI is InChI=1S/C16H14F2N2O6/c1-5(2)26-12-7(17)3-6(4-8(12)18)9-10(15(22)23)13(19)20-14(21)11(9)16(24)25/h3-5H,1-2H3,(H,22,23)(H,24,25)(H3,19,20,21). The van der Waals surface area contributed by atoms with Crippen LogP contribution < -0.4 is 16.0 Å². The van der Waals surface area contributed by atoms with E-state index in [1.807, 2.05) is 4.98 Å². The van der Waals surface area contributed by atoms with Crippen molar-refractivity contribution in [3.05, 3.63) is 45.2 Å². The average molecular weight is 368 g/mol. The van der Waals surface area contributed by atoms with Gasteiger partial charge < -0.3 is 25.7 Å². The minimum Gasteiger partial charge on any atom is -0.485 e. The van der Waals surface area contributed by atoms with Crippen molar-refractivity contribution in [1.82, 2.24) is 4.98 Å². The van der Waals surface area contributed by atoms with E-state index >= 15 is 0 Å². The van der Waals surface area contributed by atoms with Gasteiger partial charge in [0.1, 0.15) is 16.9 Å². The number of nitrogens with one attached hydrogen (secondary N) is 1. The normalized spacial score (nSPS) is 10.8. The molecule has 0 bridgehead atoms. The number of benzene rings is 1. The summed E-state index contributed by atoms with van der Waals surface area (Å²) < 4.78 is 33.5. The molecule has 0 spiro atoms. The number of aromatic carboxylic acids is 2. The number of hydrogen-bond acceptors (Lipinski definition) is 5. The number of carboxylic acids is 2. The second-order valence-electron chi connectivity index (χ2n) is 5.54. The predicted octanol–water partition coefficient (Wildman–Crippen LogP) is 2.09. The molecule has 26 heavy (non-hydrogen) atoms. The molecule has 1 aromatic carbocycles. The molecule has 0 unspecified atom stereocenters. The number of aromatic nitrogens is 1. The Balaban J connectivity index is 2.90. The van der Waals surface area contributed by atoms with Gasteiger partial charge in [-0.1, -0.05) is 0 Å². The minimum absolute atomic E-state index is 0.483. The summed E-state index contributed by atoms with van der Waals surface area (Å²) in [6.45, 7) is 3.07. The average Bonchev–Trinajstić information content (AvgIpc) is 2.48. The fourth-order valence-corrected chi connectivity index (χ4v) is 2.39. The fraction of sp³-hybridized carbons (Fsp3) is 0.188. The lowest BCUT2D eigenvalue weighted by Crippen LogP contribution is -2.24. The zero-order valence-corrected chi connectivity index (χ0v) is 13.6. The predicted molar refractivity (Wildman–Crippen MR) is 86.5 cm³/mol. The van der Waals surface area contributed by atoms with Gasteiger partial charge in [-0.05, 0) is 31.5 Å². The van der Waals surface area contributed by atoms with Crippen molar-refractivity contribution >= 4 is 17.8 Å². The first-order valence-electron chi connectivity index (χ1n) is 7.23. The van der Waals surface area contributed by atoms with Crippen LogP contribution in [0.4, 0.5) is 14.6 Å². The monoisotopic (exact) mass is 368 g/mol. The molecular weight excluding hydrogens is 354 g/mol. The minimum atomic E-state index is -1.79. The van der Waals surface area contributed by atoms with Crippen molar-refractivity contribution in [2.75, 3.05) is 5.73 Å². The second-order valence-corrected chi connectivity index (χ2v) is 5.54. The van der Waals surface area contributed by atoms with Gasteiger partial charge in [0.25, 0.3) is 5.56 Å². The maximum Gasteiger partial charge on any atom is 0.342 e. The summed E-state index contributed by atoms with van der Waals surface area (Å²) >= 11 is 0. The van der Waals surface area contributed by atoms with Crippen LogP contribution in [0.15, 0.2) is 16.9 Å². The van der Waals surface area contributed by atoms with E-state index in [2.05, 4.69) is 0 Å². The number of nitrogen functional groups attached to an aromatic ring is 1. The Morgan fingerprint density at radius 3 is 2.04 bits per heavy atom. The summed E-state index contributed by atoms with van der Waals surface area (Å²) in [6.07, 6.45) is -0.552. The Hall–Kier alpha value is -3.43. The summed E-state index contributed by atoms with van der Waals surface area (Å²) in [4.78, 5) is 36.7. The van der Waals surface area contributed by atoms with Crippen LogP contribution in [0, 0.1) is 11.6 Å². The van der Waals surface area contributed by atoms with Crippen LogP contribution in [-0.2, 0) is 0 Å². The maximum atomic E-state index is 14.2. The number of halogens is 2. The van der Waals surface area contributed by atoms with Crippen LogP contribution in [0.3, 0.4) is 0 Å². The molecule has 0 fully saturated rings. The Bertz CT molecular complexity index is 945. The molecule has 10 heteroatoms. The third-order valence-electron chi connectivity index (χ3n) is 3.31. The smallest absolute Gasteiger partial charge is 0.342 e. The van der Waals surface area contributed by atoms with Crippen LogP contribution in [0.2, 0.25) is 0 Å². The van der Waals surface area contributed by atoms with Gasteiger partial charge in [0.05, 0.1) is 6.10 Å².